The lowest BCUT2D eigenvalue weighted by molar-refractivity contribution is -0.137. The molecule has 0 bridgehead atoms. The first-order valence-electron chi connectivity index (χ1n) is 9.10. The third-order valence-electron chi connectivity index (χ3n) is 3.74. The third-order valence-corrected chi connectivity index (χ3v) is 5.12. The van der Waals surface area contributed by atoms with Crippen LogP contribution in [0, 0.1) is 5.82 Å². The fourth-order valence-electron chi connectivity index (χ4n) is 2.35. The maximum absolute atomic E-state index is 13.0. The van der Waals surface area contributed by atoms with Crippen LogP contribution in [0.15, 0.2) is 71.6 Å². The van der Waals surface area contributed by atoms with Crippen molar-refractivity contribution in [1.29, 1.82) is 0 Å². The van der Waals surface area contributed by atoms with Gasteiger partial charge in [0.2, 0.25) is 0 Å². The van der Waals surface area contributed by atoms with E-state index in [4.69, 9.17) is 13.7 Å². The molecule has 2 aromatic rings. The van der Waals surface area contributed by atoms with Gasteiger partial charge in [-0.3, -0.25) is 4.18 Å². The highest BCUT2D eigenvalue weighted by Crippen LogP contribution is 2.18. The van der Waals surface area contributed by atoms with Crippen molar-refractivity contribution >= 4 is 16.1 Å². The van der Waals surface area contributed by atoms with Crippen molar-refractivity contribution in [1.82, 2.24) is 0 Å². The third kappa shape index (κ3) is 8.05. The Balaban J connectivity index is 2.03. The number of hydrogen-bond acceptors (Lipinski definition) is 6. The molecular weight excluding hydrogens is 399 g/mol. The summed E-state index contributed by atoms with van der Waals surface area (Å²) >= 11 is 0. The Bertz CT molecular complexity index is 895. The fraction of sp³-hybridized carbons (Fsp3) is 0.286. The fourth-order valence-corrected chi connectivity index (χ4v) is 3.46. The zero-order chi connectivity index (χ0) is 21.1. The molecule has 0 aromatic heterocycles. The van der Waals surface area contributed by atoms with Gasteiger partial charge in [-0.25, -0.2) is 9.18 Å². The topological polar surface area (TPSA) is 78.9 Å². The molecule has 0 spiro atoms. The summed E-state index contributed by atoms with van der Waals surface area (Å²) in [7, 11) is -3.99. The quantitative estimate of drug-likeness (QED) is 0.311. The molecule has 29 heavy (non-hydrogen) atoms. The number of esters is 1. The van der Waals surface area contributed by atoms with Gasteiger partial charge in [0.15, 0.2) is 0 Å². The Morgan fingerprint density at radius 2 is 1.79 bits per heavy atom. The molecule has 8 heteroatoms. The molecule has 2 rings (SSSR count). The van der Waals surface area contributed by atoms with Crippen LogP contribution in [0.25, 0.3) is 0 Å². The highest BCUT2D eigenvalue weighted by atomic mass is 32.2. The van der Waals surface area contributed by atoms with Crippen LogP contribution in [0.2, 0.25) is 0 Å². The summed E-state index contributed by atoms with van der Waals surface area (Å²) < 4.78 is 53.7. The van der Waals surface area contributed by atoms with E-state index in [1.54, 1.807) is 31.2 Å². The van der Waals surface area contributed by atoms with Crippen molar-refractivity contribution in [3.8, 4) is 5.75 Å². The number of hydrogen-bond donors (Lipinski definition) is 0. The Morgan fingerprint density at radius 3 is 2.45 bits per heavy atom. The summed E-state index contributed by atoms with van der Waals surface area (Å²) in [6.45, 7) is 1.91. The second-order valence-electron chi connectivity index (χ2n) is 5.98. The number of halogens is 1. The minimum Gasteiger partial charge on any atom is -0.491 e. The van der Waals surface area contributed by atoms with Gasteiger partial charge in [0.25, 0.3) is 10.1 Å². The van der Waals surface area contributed by atoms with E-state index in [1.165, 1.54) is 42.5 Å². The number of ether oxygens (including phenoxy) is 2. The van der Waals surface area contributed by atoms with Gasteiger partial charge in [-0.05, 0) is 56.2 Å². The molecule has 156 valence electrons. The maximum atomic E-state index is 13.0. The minimum absolute atomic E-state index is 0.0360. The van der Waals surface area contributed by atoms with Crippen molar-refractivity contribution in [2.45, 2.75) is 30.8 Å². The van der Waals surface area contributed by atoms with Crippen LogP contribution < -0.4 is 4.74 Å². The second kappa shape index (κ2) is 11.3. The van der Waals surface area contributed by atoms with Crippen LogP contribution in [0.5, 0.6) is 5.75 Å². The maximum Gasteiger partial charge on any atom is 0.330 e. The smallest absolute Gasteiger partial charge is 0.330 e. The molecule has 0 aliphatic heterocycles. The normalized spacial score (nSPS) is 12.6. The molecule has 0 amide bonds. The van der Waals surface area contributed by atoms with E-state index in [1.807, 2.05) is 0 Å². The highest BCUT2D eigenvalue weighted by molar-refractivity contribution is 7.86. The predicted octanol–water partition coefficient (Wildman–Crippen LogP) is 3.88. The largest absolute Gasteiger partial charge is 0.491 e. The summed E-state index contributed by atoms with van der Waals surface area (Å²) in [5.41, 5.74) is 0. The Labute approximate surface area is 170 Å². The summed E-state index contributed by atoms with van der Waals surface area (Å²) in [4.78, 5) is 11.4. The molecule has 6 nitrogen and oxygen atoms in total. The summed E-state index contributed by atoms with van der Waals surface area (Å²) in [5, 5.41) is 0. The molecule has 2 aromatic carbocycles. The molecule has 0 saturated heterocycles. The second-order valence-corrected chi connectivity index (χ2v) is 7.55. The van der Waals surface area contributed by atoms with E-state index in [9.17, 15) is 17.6 Å². The Hall–Kier alpha value is -2.71. The molecule has 0 N–H and O–H groups in total. The van der Waals surface area contributed by atoms with Crippen molar-refractivity contribution in [3.63, 3.8) is 0 Å². The van der Waals surface area contributed by atoms with Crippen molar-refractivity contribution in [3.05, 3.63) is 72.6 Å². The molecule has 0 aliphatic carbocycles. The van der Waals surface area contributed by atoms with Crippen LogP contribution in [0.3, 0.4) is 0 Å². The van der Waals surface area contributed by atoms with Gasteiger partial charge in [0.05, 0.1) is 11.5 Å². The van der Waals surface area contributed by atoms with Crippen molar-refractivity contribution in [2.75, 3.05) is 13.2 Å². The number of rotatable bonds is 11. The van der Waals surface area contributed by atoms with Gasteiger partial charge >= 0.3 is 5.97 Å². The highest BCUT2D eigenvalue weighted by Gasteiger charge is 2.22. The Morgan fingerprint density at radius 1 is 1.10 bits per heavy atom. The van der Waals surface area contributed by atoms with E-state index >= 15 is 0 Å². The summed E-state index contributed by atoms with van der Waals surface area (Å²) in [6.07, 6.45) is 2.72. The van der Waals surface area contributed by atoms with Crippen LogP contribution in [-0.2, 0) is 23.8 Å². The van der Waals surface area contributed by atoms with Crippen molar-refractivity contribution < 1.29 is 31.3 Å². The lowest BCUT2D eigenvalue weighted by atomic mass is 10.2. The molecule has 0 saturated carbocycles. The van der Waals surface area contributed by atoms with Gasteiger partial charge < -0.3 is 9.47 Å². The zero-order valence-corrected chi connectivity index (χ0v) is 16.8. The number of carbonyl (C=O) groups excluding carboxylic acids is 1. The standard InChI is InChI=1S/C21H23FO6S/c1-2-26-21(23)11-7-6-8-19(16-27-18-14-12-17(22)13-15-18)28-29(24,25)20-9-4-3-5-10-20/h3-5,7,9-15,19H,2,6,8,16H2,1H3/b11-7+. The number of carbonyl (C=O) groups is 1. The van der Waals surface area contributed by atoms with Gasteiger partial charge in [-0.2, -0.15) is 8.42 Å². The number of allylic oxidation sites excluding steroid dienone is 1. The van der Waals surface area contributed by atoms with Gasteiger partial charge in [0, 0.05) is 6.08 Å². The van der Waals surface area contributed by atoms with Crippen LogP contribution in [0.4, 0.5) is 4.39 Å². The molecular formula is C21H23FO6S. The first kappa shape index (κ1) is 22.6. The van der Waals surface area contributed by atoms with Gasteiger partial charge in [-0.15, -0.1) is 0 Å². The first-order valence-corrected chi connectivity index (χ1v) is 10.5. The molecule has 0 aliphatic rings. The lowest BCUT2D eigenvalue weighted by Gasteiger charge is -2.18. The Kier molecular flexibility index (Phi) is 8.82. The van der Waals surface area contributed by atoms with E-state index in [0.717, 1.165) is 0 Å². The van der Waals surface area contributed by atoms with E-state index in [2.05, 4.69) is 0 Å². The molecule has 0 fully saturated rings. The monoisotopic (exact) mass is 422 g/mol. The SMILES string of the molecule is CCOC(=O)/C=C/CCC(COc1ccc(F)cc1)OS(=O)(=O)c1ccccc1. The summed E-state index contributed by atoms with van der Waals surface area (Å²) in [5.74, 6) is -0.482. The number of benzene rings is 2. The summed E-state index contributed by atoms with van der Waals surface area (Å²) in [6, 6.07) is 13.2. The molecule has 0 heterocycles. The first-order chi connectivity index (χ1) is 13.9. The lowest BCUT2D eigenvalue weighted by Crippen LogP contribution is -2.25. The minimum atomic E-state index is -3.99. The van der Waals surface area contributed by atoms with E-state index in [-0.39, 0.29) is 24.5 Å². The van der Waals surface area contributed by atoms with Crippen LogP contribution >= 0.6 is 0 Å². The van der Waals surface area contributed by atoms with Crippen LogP contribution in [0.1, 0.15) is 19.8 Å². The van der Waals surface area contributed by atoms with E-state index in [0.29, 0.717) is 12.2 Å². The molecule has 0 radical (unpaired) electrons. The van der Waals surface area contributed by atoms with Crippen LogP contribution in [-0.4, -0.2) is 33.7 Å². The average Bonchev–Trinajstić information content (AvgIpc) is 2.71. The zero-order valence-electron chi connectivity index (χ0n) is 16.0. The predicted molar refractivity (Wildman–Crippen MR) is 105 cm³/mol. The van der Waals surface area contributed by atoms with E-state index < -0.39 is 28.0 Å². The molecule has 1 atom stereocenters. The molecule has 1 unspecified atom stereocenters. The van der Waals surface area contributed by atoms with Gasteiger partial charge in [0.1, 0.15) is 24.3 Å². The van der Waals surface area contributed by atoms with Gasteiger partial charge in [-0.1, -0.05) is 24.3 Å². The van der Waals surface area contributed by atoms with Crippen molar-refractivity contribution in [2.24, 2.45) is 0 Å². The average molecular weight is 422 g/mol.